The molecule has 0 aromatic heterocycles. The van der Waals surface area contributed by atoms with Gasteiger partial charge in [0.05, 0.1) is 5.75 Å². The number of carbonyl (C=O) groups is 1. The molecular weight excluding hydrogens is 339 g/mol. The zero-order valence-electron chi connectivity index (χ0n) is 13.9. The second kappa shape index (κ2) is 8.87. The number of piperazine rings is 1. The first-order chi connectivity index (χ1) is 12.2. The van der Waals surface area contributed by atoms with Gasteiger partial charge in [-0.2, -0.15) is 0 Å². The van der Waals surface area contributed by atoms with Gasteiger partial charge in [0.25, 0.3) is 0 Å². The molecule has 1 heterocycles. The molecule has 1 amide bonds. The Morgan fingerprint density at radius 2 is 1.64 bits per heavy atom. The molecule has 0 bridgehead atoms. The van der Waals surface area contributed by atoms with Crippen LogP contribution in [0.25, 0.3) is 0 Å². The fraction of sp³-hybridized carbons (Fsp3) is 0.316. The zero-order valence-corrected chi connectivity index (χ0v) is 14.7. The van der Waals surface area contributed by atoms with Gasteiger partial charge in [0, 0.05) is 31.9 Å². The van der Waals surface area contributed by atoms with E-state index in [2.05, 4.69) is 5.32 Å². The summed E-state index contributed by atoms with van der Waals surface area (Å²) < 4.78 is 18.6. The maximum atomic E-state index is 12.9. The van der Waals surface area contributed by atoms with Gasteiger partial charge in [-0.25, -0.2) is 4.39 Å². The molecule has 6 heteroatoms. The Labute approximate surface area is 151 Å². The van der Waals surface area contributed by atoms with Crippen molar-refractivity contribution in [1.82, 2.24) is 10.2 Å². The predicted octanol–water partition coefficient (Wildman–Crippen LogP) is 3.28. The van der Waals surface area contributed by atoms with Gasteiger partial charge in [-0.1, -0.05) is 12.1 Å². The number of rotatable bonds is 6. The fourth-order valence-corrected chi connectivity index (χ4v) is 3.44. The van der Waals surface area contributed by atoms with E-state index in [-0.39, 0.29) is 11.7 Å². The van der Waals surface area contributed by atoms with Gasteiger partial charge >= 0.3 is 0 Å². The zero-order chi connectivity index (χ0) is 17.5. The number of hydrogen-bond donors (Lipinski definition) is 1. The smallest absolute Gasteiger partial charge is 0.232 e. The van der Waals surface area contributed by atoms with Gasteiger partial charge in [0.15, 0.2) is 0 Å². The van der Waals surface area contributed by atoms with E-state index in [1.807, 2.05) is 29.2 Å². The molecule has 132 valence electrons. The molecule has 1 aliphatic heterocycles. The minimum absolute atomic E-state index is 0.211. The molecule has 0 radical (unpaired) electrons. The molecule has 0 saturated carbocycles. The number of carbonyl (C=O) groups excluding carboxylic acids is 1. The monoisotopic (exact) mass is 360 g/mol. The van der Waals surface area contributed by atoms with Crippen LogP contribution in [0.15, 0.2) is 48.5 Å². The summed E-state index contributed by atoms with van der Waals surface area (Å²) in [5.41, 5.74) is 1.14. The van der Waals surface area contributed by atoms with Crippen LogP contribution in [0.5, 0.6) is 11.5 Å². The number of amides is 1. The van der Waals surface area contributed by atoms with Crippen LogP contribution in [0.4, 0.5) is 4.39 Å². The van der Waals surface area contributed by atoms with Gasteiger partial charge in [-0.05, 0) is 42.0 Å². The van der Waals surface area contributed by atoms with Crippen LogP contribution in [0.1, 0.15) is 5.56 Å². The van der Waals surface area contributed by atoms with Crippen LogP contribution in [-0.4, -0.2) is 42.7 Å². The quantitative estimate of drug-likeness (QED) is 0.858. The number of halogens is 1. The number of hydrogen-bond acceptors (Lipinski definition) is 4. The second-order valence-electron chi connectivity index (χ2n) is 5.82. The largest absolute Gasteiger partial charge is 0.457 e. The van der Waals surface area contributed by atoms with Crippen molar-refractivity contribution in [2.45, 2.75) is 5.75 Å². The number of thioether (sulfide) groups is 1. The van der Waals surface area contributed by atoms with E-state index in [9.17, 15) is 9.18 Å². The average Bonchev–Trinajstić information content (AvgIpc) is 2.66. The highest BCUT2D eigenvalue weighted by molar-refractivity contribution is 7.99. The van der Waals surface area contributed by atoms with Crippen molar-refractivity contribution in [3.05, 3.63) is 59.9 Å². The number of nitrogens with one attached hydrogen (secondary N) is 1. The Bertz CT molecular complexity index is 686. The highest BCUT2D eigenvalue weighted by Gasteiger charge is 2.15. The minimum Gasteiger partial charge on any atom is -0.457 e. The summed E-state index contributed by atoms with van der Waals surface area (Å²) >= 11 is 1.63. The van der Waals surface area contributed by atoms with Crippen LogP contribution >= 0.6 is 11.8 Å². The first kappa shape index (κ1) is 17.8. The molecule has 1 N–H and O–H groups in total. The van der Waals surface area contributed by atoms with E-state index in [0.29, 0.717) is 17.3 Å². The lowest BCUT2D eigenvalue weighted by Gasteiger charge is -2.27. The van der Waals surface area contributed by atoms with E-state index in [0.717, 1.165) is 37.5 Å². The van der Waals surface area contributed by atoms with E-state index >= 15 is 0 Å². The van der Waals surface area contributed by atoms with E-state index in [1.165, 1.54) is 12.1 Å². The van der Waals surface area contributed by atoms with Crippen molar-refractivity contribution >= 4 is 17.7 Å². The summed E-state index contributed by atoms with van der Waals surface area (Å²) in [5, 5.41) is 3.25. The molecule has 25 heavy (non-hydrogen) atoms. The van der Waals surface area contributed by atoms with Crippen molar-refractivity contribution in [2.24, 2.45) is 0 Å². The van der Waals surface area contributed by atoms with Gasteiger partial charge in [0.2, 0.25) is 5.91 Å². The molecule has 1 aliphatic rings. The van der Waals surface area contributed by atoms with Crippen LogP contribution in [-0.2, 0) is 10.5 Å². The Hall–Kier alpha value is -2.05. The van der Waals surface area contributed by atoms with Gasteiger partial charge in [-0.15, -0.1) is 11.8 Å². The normalized spacial score (nSPS) is 14.4. The molecule has 0 spiro atoms. The molecule has 0 unspecified atom stereocenters. The van der Waals surface area contributed by atoms with E-state index in [1.54, 1.807) is 23.9 Å². The Morgan fingerprint density at radius 3 is 2.28 bits per heavy atom. The first-order valence-corrected chi connectivity index (χ1v) is 9.45. The van der Waals surface area contributed by atoms with Gasteiger partial charge in [0.1, 0.15) is 17.3 Å². The minimum atomic E-state index is -0.282. The SMILES string of the molecule is O=C(CSCc1ccc(Oc2ccc(F)cc2)cc1)N1CCNCC1. The summed E-state index contributed by atoms with van der Waals surface area (Å²) in [5.74, 6) is 2.53. The maximum Gasteiger partial charge on any atom is 0.232 e. The standard InChI is InChI=1S/C19H21FN2O2S/c20-16-3-7-18(8-4-16)24-17-5-1-15(2-6-17)13-25-14-19(23)22-11-9-21-10-12-22/h1-8,21H,9-14H2. The average molecular weight is 360 g/mol. The van der Waals surface area contributed by atoms with Crippen LogP contribution in [0, 0.1) is 5.82 Å². The van der Waals surface area contributed by atoms with Crippen LogP contribution < -0.4 is 10.1 Å². The topological polar surface area (TPSA) is 41.6 Å². The Kier molecular flexibility index (Phi) is 6.30. The number of ether oxygens (including phenoxy) is 1. The van der Waals surface area contributed by atoms with Gasteiger partial charge < -0.3 is 15.0 Å². The third-order valence-electron chi connectivity index (χ3n) is 3.94. The Balaban J connectivity index is 1.44. The highest BCUT2D eigenvalue weighted by atomic mass is 32.2. The molecule has 0 aliphatic carbocycles. The highest BCUT2D eigenvalue weighted by Crippen LogP contribution is 2.23. The summed E-state index contributed by atoms with van der Waals surface area (Å²) in [6.07, 6.45) is 0. The molecule has 0 atom stereocenters. The third-order valence-corrected chi connectivity index (χ3v) is 4.93. The van der Waals surface area contributed by atoms with Crippen molar-refractivity contribution < 1.29 is 13.9 Å². The predicted molar refractivity (Wildman–Crippen MR) is 98.5 cm³/mol. The third kappa shape index (κ3) is 5.47. The first-order valence-electron chi connectivity index (χ1n) is 8.29. The summed E-state index contributed by atoms with van der Waals surface area (Å²) in [6, 6.07) is 13.7. The molecule has 4 nitrogen and oxygen atoms in total. The summed E-state index contributed by atoms with van der Waals surface area (Å²) in [4.78, 5) is 14.0. The van der Waals surface area contributed by atoms with Crippen molar-refractivity contribution in [1.29, 1.82) is 0 Å². The molecule has 1 fully saturated rings. The van der Waals surface area contributed by atoms with E-state index < -0.39 is 0 Å². The van der Waals surface area contributed by atoms with Crippen molar-refractivity contribution in [3.8, 4) is 11.5 Å². The lowest BCUT2D eigenvalue weighted by molar-refractivity contribution is -0.128. The van der Waals surface area contributed by atoms with Crippen molar-refractivity contribution in [2.75, 3.05) is 31.9 Å². The van der Waals surface area contributed by atoms with E-state index in [4.69, 9.17) is 4.74 Å². The molecule has 3 rings (SSSR count). The molecule has 2 aromatic rings. The number of nitrogens with zero attached hydrogens (tertiary/aromatic N) is 1. The van der Waals surface area contributed by atoms with Crippen molar-refractivity contribution in [3.63, 3.8) is 0 Å². The lowest BCUT2D eigenvalue weighted by atomic mass is 10.2. The molecule has 1 saturated heterocycles. The lowest BCUT2D eigenvalue weighted by Crippen LogP contribution is -2.47. The second-order valence-corrected chi connectivity index (χ2v) is 6.81. The molecular formula is C19H21FN2O2S. The Morgan fingerprint density at radius 1 is 1.04 bits per heavy atom. The number of benzene rings is 2. The van der Waals surface area contributed by atoms with Crippen LogP contribution in [0.3, 0.4) is 0 Å². The molecule has 2 aromatic carbocycles. The van der Waals surface area contributed by atoms with Crippen LogP contribution in [0.2, 0.25) is 0 Å². The maximum absolute atomic E-state index is 12.9. The van der Waals surface area contributed by atoms with Gasteiger partial charge in [-0.3, -0.25) is 4.79 Å². The fourth-order valence-electron chi connectivity index (χ4n) is 2.55. The summed E-state index contributed by atoms with van der Waals surface area (Å²) in [6.45, 7) is 3.36. The summed E-state index contributed by atoms with van der Waals surface area (Å²) in [7, 11) is 0.